The second-order valence-corrected chi connectivity index (χ2v) is 4.72. The number of hydrogen-bond acceptors (Lipinski definition) is 5. The average Bonchev–Trinajstić information content (AvgIpc) is 2.73. The summed E-state index contributed by atoms with van der Waals surface area (Å²) in [5.74, 6) is -1.35. The molecule has 5 nitrogen and oxygen atoms in total. The van der Waals surface area contributed by atoms with Gasteiger partial charge in [-0.15, -0.1) is 10.2 Å². The molecule has 1 aromatic carbocycles. The van der Waals surface area contributed by atoms with E-state index in [0.29, 0.717) is 0 Å². The fourth-order valence-corrected chi connectivity index (χ4v) is 2.19. The van der Waals surface area contributed by atoms with E-state index >= 15 is 0 Å². The SMILES string of the molecule is Cc1nnc(Sc2ccc(C(=O)O)c(C(F)(F)F)c2)o1. The Morgan fingerprint density at radius 3 is 2.55 bits per heavy atom. The minimum Gasteiger partial charge on any atom is -0.478 e. The number of carboxylic acid groups (broad SMARTS) is 1. The van der Waals surface area contributed by atoms with Crippen LogP contribution < -0.4 is 0 Å². The normalized spacial score (nSPS) is 11.6. The van der Waals surface area contributed by atoms with Crippen molar-refractivity contribution >= 4 is 17.7 Å². The molecule has 2 rings (SSSR count). The zero-order chi connectivity index (χ0) is 14.9. The zero-order valence-electron chi connectivity index (χ0n) is 9.93. The van der Waals surface area contributed by atoms with Gasteiger partial charge in [0.25, 0.3) is 5.22 Å². The second-order valence-electron chi connectivity index (χ2n) is 3.70. The van der Waals surface area contributed by atoms with Gasteiger partial charge in [0.1, 0.15) is 0 Å². The van der Waals surface area contributed by atoms with Crippen molar-refractivity contribution in [2.45, 2.75) is 23.2 Å². The maximum atomic E-state index is 12.8. The summed E-state index contributed by atoms with van der Waals surface area (Å²) in [6.07, 6.45) is -4.75. The number of aryl methyl sites for hydroxylation is 1. The third-order valence-corrected chi connectivity index (χ3v) is 3.07. The topological polar surface area (TPSA) is 76.2 Å². The number of benzene rings is 1. The van der Waals surface area contributed by atoms with Crippen molar-refractivity contribution in [3.8, 4) is 0 Å². The molecule has 0 aliphatic carbocycles. The highest BCUT2D eigenvalue weighted by atomic mass is 32.2. The number of aromatic carboxylic acids is 1. The molecule has 1 heterocycles. The van der Waals surface area contributed by atoms with Crippen LogP contribution in [0.15, 0.2) is 32.7 Å². The van der Waals surface area contributed by atoms with Crippen molar-refractivity contribution in [2.75, 3.05) is 0 Å². The van der Waals surface area contributed by atoms with Crippen LogP contribution >= 0.6 is 11.8 Å². The summed E-state index contributed by atoms with van der Waals surface area (Å²) in [5.41, 5.74) is -2.02. The minimum absolute atomic E-state index is 0.0821. The molecule has 0 fully saturated rings. The van der Waals surface area contributed by atoms with Crippen LogP contribution in [0.25, 0.3) is 0 Å². The van der Waals surface area contributed by atoms with E-state index in [2.05, 4.69) is 10.2 Å². The van der Waals surface area contributed by atoms with Crippen LogP contribution in [0.2, 0.25) is 0 Å². The molecule has 20 heavy (non-hydrogen) atoms. The van der Waals surface area contributed by atoms with Crippen LogP contribution in [0.5, 0.6) is 0 Å². The molecule has 1 N–H and O–H groups in total. The first-order valence-corrected chi connectivity index (χ1v) is 6.01. The molecule has 9 heteroatoms. The first-order valence-electron chi connectivity index (χ1n) is 5.20. The van der Waals surface area contributed by atoms with Gasteiger partial charge >= 0.3 is 12.1 Å². The summed E-state index contributed by atoms with van der Waals surface area (Å²) < 4.78 is 43.5. The molecule has 0 unspecified atom stereocenters. The Bertz CT molecular complexity index is 655. The van der Waals surface area contributed by atoms with E-state index in [1.54, 1.807) is 6.92 Å². The van der Waals surface area contributed by atoms with Crippen molar-refractivity contribution < 1.29 is 27.5 Å². The Balaban J connectivity index is 2.39. The predicted molar refractivity (Wildman–Crippen MR) is 61.6 cm³/mol. The van der Waals surface area contributed by atoms with Crippen LogP contribution in [0.1, 0.15) is 21.8 Å². The smallest absolute Gasteiger partial charge is 0.417 e. The lowest BCUT2D eigenvalue weighted by Crippen LogP contribution is -2.12. The zero-order valence-corrected chi connectivity index (χ0v) is 10.7. The van der Waals surface area contributed by atoms with Crippen LogP contribution in [0.3, 0.4) is 0 Å². The number of halogens is 3. The van der Waals surface area contributed by atoms with Crippen LogP contribution in [0, 0.1) is 6.92 Å². The van der Waals surface area contributed by atoms with Gasteiger partial charge in [-0.3, -0.25) is 0 Å². The molecule has 0 spiro atoms. The van der Waals surface area contributed by atoms with E-state index in [4.69, 9.17) is 9.52 Å². The Morgan fingerprint density at radius 1 is 1.35 bits per heavy atom. The Hall–Kier alpha value is -2.03. The first kappa shape index (κ1) is 14.4. The number of alkyl halides is 3. The molecule has 0 radical (unpaired) electrons. The fourth-order valence-electron chi connectivity index (χ4n) is 1.43. The van der Waals surface area contributed by atoms with Gasteiger partial charge in [0.15, 0.2) is 0 Å². The number of carbonyl (C=O) groups is 1. The van der Waals surface area contributed by atoms with Gasteiger partial charge in [-0.2, -0.15) is 13.2 Å². The molecule has 0 atom stereocenters. The van der Waals surface area contributed by atoms with Crippen molar-refractivity contribution in [3.05, 3.63) is 35.2 Å². The van der Waals surface area contributed by atoms with Crippen molar-refractivity contribution in [1.82, 2.24) is 10.2 Å². The second kappa shape index (κ2) is 5.16. The predicted octanol–water partition coefficient (Wildman–Crippen LogP) is 3.25. The summed E-state index contributed by atoms with van der Waals surface area (Å²) in [6.45, 7) is 1.55. The van der Waals surface area contributed by atoms with Crippen molar-refractivity contribution in [3.63, 3.8) is 0 Å². The average molecular weight is 304 g/mol. The Kier molecular flexibility index (Phi) is 3.71. The summed E-state index contributed by atoms with van der Waals surface area (Å²) in [7, 11) is 0. The summed E-state index contributed by atoms with van der Waals surface area (Å²) >= 11 is 0.826. The van der Waals surface area contributed by atoms with Gasteiger partial charge in [0, 0.05) is 11.8 Å². The highest BCUT2D eigenvalue weighted by molar-refractivity contribution is 7.99. The molecule has 0 aliphatic rings. The van der Waals surface area contributed by atoms with Gasteiger partial charge in [0.2, 0.25) is 5.89 Å². The number of aromatic nitrogens is 2. The van der Waals surface area contributed by atoms with Crippen molar-refractivity contribution in [1.29, 1.82) is 0 Å². The van der Waals surface area contributed by atoms with Gasteiger partial charge < -0.3 is 9.52 Å². The van der Waals surface area contributed by atoms with E-state index in [1.165, 1.54) is 6.07 Å². The highest BCUT2D eigenvalue weighted by Crippen LogP contribution is 2.36. The lowest BCUT2D eigenvalue weighted by atomic mass is 10.1. The Labute approximate surface area is 114 Å². The summed E-state index contributed by atoms with van der Waals surface area (Å²) in [6, 6.07) is 2.90. The molecule has 1 aromatic heterocycles. The van der Waals surface area contributed by atoms with Gasteiger partial charge in [-0.1, -0.05) is 0 Å². The Morgan fingerprint density at radius 2 is 2.05 bits per heavy atom. The van der Waals surface area contributed by atoms with Gasteiger partial charge in [0.05, 0.1) is 11.1 Å². The molecule has 0 saturated carbocycles. The molecule has 2 aromatic rings. The van der Waals surface area contributed by atoms with E-state index in [-0.39, 0.29) is 16.0 Å². The lowest BCUT2D eigenvalue weighted by molar-refractivity contribution is -0.138. The third-order valence-electron chi connectivity index (χ3n) is 2.24. The van der Waals surface area contributed by atoms with Crippen molar-refractivity contribution in [2.24, 2.45) is 0 Å². The van der Waals surface area contributed by atoms with E-state index in [1.807, 2.05) is 0 Å². The maximum absolute atomic E-state index is 12.8. The minimum atomic E-state index is -4.75. The molecular weight excluding hydrogens is 297 g/mol. The summed E-state index contributed by atoms with van der Waals surface area (Å²) in [4.78, 5) is 11.0. The largest absolute Gasteiger partial charge is 0.478 e. The quantitative estimate of drug-likeness (QED) is 0.938. The van der Waals surface area contributed by atoms with E-state index < -0.39 is 23.3 Å². The van der Waals surface area contributed by atoms with Crippen LogP contribution in [-0.2, 0) is 6.18 Å². The third kappa shape index (κ3) is 3.10. The number of rotatable bonds is 3. The monoisotopic (exact) mass is 304 g/mol. The number of nitrogens with zero attached hydrogens (tertiary/aromatic N) is 2. The molecule has 0 amide bonds. The standard InChI is InChI=1S/C11H7F3N2O3S/c1-5-15-16-10(19-5)20-6-2-3-7(9(17)18)8(4-6)11(12,13)14/h2-4H,1H3,(H,17,18). The molecular formula is C11H7F3N2O3S. The van der Waals surface area contributed by atoms with Crippen LogP contribution in [0.4, 0.5) is 13.2 Å². The van der Waals surface area contributed by atoms with Gasteiger partial charge in [-0.05, 0) is 30.0 Å². The van der Waals surface area contributed by atoms with Gasteiger partial charge in [-0.25, -0.2) is 4.79 Å². The first-order chi connectivity index (χ1) is 9.27. The van der Waals surface area contributed by atoms with E-state index in [9.17, 15) is 18.0 Å². The van der Waals surface area contributed by atoms with Crippen LogP contribution in [-0.4, -0.2) is 21.3 Å². The number of carboxylic acids is 1. The molecule has 0 aliphatic heterocycles. The molecule has 0 saturated heterocycles. The summed E-state index contributed by atoms with van der Waals surface area (Å²) in [5, 5.41) is 16.0. The maximum Gasteiger partial charge on any atom is 0.417 e. The number of hydrogen-bond donors (Lipinski definition) is 1. The fraction of sp³-hybridized carbons (Fsp3) is 0.182. The molecule has 106 valence electrons. The van der Waals surface area contributed by atoms with E-state index in [0.717, 1.165) is 23.9 Å². The highest BCUT2D eigenvalue weighted by Gasteiger charge is 2.35. The molecule has 0 bridgehead atoms. The lowest BCUT2D eigenvalue weighted by Gasteiger charge is -2.11.